The number of aliphatic carboxylic acids is 1. The summed E-state index contributed by atoms with van der Waals surface area (Å²) >= 11 is 5.82. The number of carbonyl (C=O) groups is 2. The molecular weight excluding hydrogens is 479 g/mol. The van der Waals surface area contributed by atoms with E-state index in [4.69, 9.17) is 16.7 Å². The highest BCUT2D eigenvalue weighted by Crippen LogP contribution is 2.16. The first-order chi connectivity index (χ1) is 14.7. The molecule has 1 atom stereocenters. The highest BCUT2D eigenvalue weighted by molar-refractivity contribution is 7.89. The number of rotatable bonds is 9. The number of halogens is 2. The molecule has 0 aliphatic rings. The Bertz CT molecular complexity index is 1150. The monoisotopic (exact) mass is 498 g/mol. The number of imidazole rings is 1. The van der Waals surface area contributed by atoms with Crippen LogP contribution in [0.15, 0.2) is 72.1 Å². The maximum absolute atomic E-state index is 12.9. The lowest BCUT2D eigenvalue weighted by Gasteiger charge is -2.19. The zero-order valence-electron chi connectivity index (χ0n) is 16.5. The number of hydrogen-bond donors (Lipinski definition) is 3. The standard InChI is InChI=1S/C20H19ClN4O5S.ClH/c21-15-3-7-17(8-4-15)31(29,30)24-18(12-25-10-9-22-13-25)20(28)23-16-5-1-14(2-6-16)11-19(26)27;/h1-10,13,18,24H,11-12H2,(H,23,28)(H,26,27);1H/t18-;/m0./s1. The topological polar surface area (TPSA) is 130 Å². The Balaban J connectivity index is 0.00000363. The van der Waals surface area contributed by atoms with Crippen LogP contribution in [-0.2, 0) is 32.6 Å². The van der Waals surface area contributed by atoms with E-state index in [0.29, 0.717) is 16.3 Å². The Hall–Kier alpha value is -2.92. The van der Waals surface area contributed by atoms with E-state index in [1.807, 2.05) is 0 Å². The molecule has 0 spiro atoms. The van der Waals surface area contributed by atoms with Gasteiger partial charge in [0.15, 0.2) is 0 Å². The minimum Gasteiger partial charge on any atom is -0.481 e. The number of anilines is 1. The summed E-state index contributed by atoms with van der Waals surface area (Å²) in [5, 5.41) is 11.9. The van der Waals surface area contributed by atoms with Crippen LogP contribution in [0.2, 0.25) is 5.02 Å². The third-order valence-corrected chi connectivity index (χ3v) is 6.01. The average molecular weight is 499 g/mol. The van der Waals surface area contributed by atoms with Gasteiger partial charge in [0, 0.05) is 29.6 Å². The Labute approximate surface area is 195 Å². The number of nitrogens with one attached hydrogen (secondary N) is 2. The number of amides is 1. The predicted molar refractivity (Wildman–Crippen MR) is 121 cm³/mol. The second-order valence-corrected chi connectivity index (χ2v) is 8.79. The number of benzene rings is 2. The van der Waals surface area contributed by atoms with Crippen LogP contribution in [0.5, 0.6) is 0 Å². The summed E-state index contributed by atoms with van der Waals surface area (Å²) < 4.78 is 29.5. The van der Waals surface area contributed by atoms with Crippen LogP contribution in [0.3, 0.4) is 0 Å². The zero-order chi connectivity index (χ0) is 22.4. The molecule has 170 valence electrons. The first kappa shape index (κ1) is 25.3. The number of nitrogens with zero attached hydrogens (tertiary/aromatic N) is 2. The molecule has 3 N–H and O–H groups in total. The zero-order valence-corrected chi connectivity index (χ0v) is 18.9. The van der Waals surface area contributed by atoms with Crippen LogP contribution in [0.1, 0.15) is 5.56 Å². The molecule has 0 aliphatic heterocycles. The molecule has 32 heavy (non-hydrogen) atoms. The molecule has 3 rings (SSSR count). The Morgan fingerprint density at radius 2 is 1.75 bits per heavy atom. The fourth-order valence-corrected chi connectivity index (χ4v) is 4.07. The molecule has 2 aromatic carbocycles. The Kier molecular flexibility index (Phi) is 8.79. The molecule has 0 unspecified atom stereocenters. The van der Waals surface area contributed by atoms with Gasteiger partial charge in [-0.2, -0.15) is 4.72 Å². The van der Waals surface area contributed by atoms with Gasteiger partial charge < -0.3 is 15.0 Å². The molecule has 12 heteroatoms. The van der Waals surface area contributed by atoms with Crippen molar-refractivity contribution >= 4 is 51.6 Å². The summed E-state index contributed by atoms with van der Waals surface area (Å²) in [5.74, 6) is -1.55. The molecule has 3 aromatic rings. The molecule has 0 saturated carbocycles. The van der Waals surface area contributed by atoms with Crippen molar-refractivity contribution in [3.63, 3.8) is 0 Å². The van der Waals surface area contributed by atoms with Gasteiger partial charge >= 0.3 is 5.97 Å². The maximum Gasteiger partial charge on any atom is 0.307 e. The van der Waals surface area contributed by atoms with Crippen molar-refractivity contribution in [2.24, 2.45) is 0 Å². The van der Waals surface area contributed by atoms with E-state index < -0.39 is 27.9 Å². The van der Waals surface area contributed by atoms with Gasteiger partial charge in [-0.25, -0.2) is 13.4 Å². The van der Waals surface area contributed by atoms with Gasteiger partial charge in [-0.05, 0) is 42.0 Å². The molecule has 1 amide bonds. The van der Waals surface area contributed by atoms with Crippen LogP contribution >= 0.6 is 24.0 Å². The van der Waals surface area contributed by atoms with Gasteiger partial charge in [-0.1, -0.05) is 23.7 Å². The van der Waals surface area contributed by atoms with E-state index in [9.17, 15) is 18.0 Å². The molecule has 1 aromatic heterocycles. The van der Waals surface area contributed by atoms with E-state index >= 15 is 0 Å². The molecular formula is C20H20Cl2N4O5S. The van der Waals surface area contributed by atoms with Crippen LogP contribution < -0.4 is 10.0 Å². The highest BCUT2D eigenvalue weighted by atomic mass is 35.5. The SMILES string of the molecule is Cl.O=C(O)Cc1ccc(NC(=O)[C@H](Cn2ccnc2)NS(=O)(=O)c2ccc(Cl)cc2)cc1. The number of aromatic nitrogens is 2. The minimum atomic E-state index is -4.01. The van der Waals surface area contributed by atoms with Gasteiger partial charge in [0.05, 0.1) is 17.6 Å². The first-order valence-electron chi connectivity index (χ1n) is 9.08. The molecule has 9 nitrogen and oxygen atoms in total. The van der Waals surface area contributed by atoms with Crippen molar-refractivity contribution in [1.29, 1.82) is 0 Å². The van der Waals surface area contributed by atoms with Crippen molar-refractivity contribution < 1.29 is 23.1 Å². The van der Waals surface area contributed by atoms with Crippen LogP contribution in [0.25, 0.3) is 0 Å². The predicted octanol–water partition coefficient (Wildman–Crippen LogP) is 2.57. The molecule has 0 saturated heterocycles. The summed E-state index contributed by atoms with van der Waals surface area (Å²) in [5.41, 5.74) is 0.976. The van der Waals surface area contributed by atoms with E-state index in [0.717, 1.165) is 0 Å². The van der Waals surface area contributed by atoms with Gasteiger partial charge in [0.1, 0.15) is 6.04 Å². The highest BCUT2D eigenvalue weighted by Gasteiger charge is 2.26. The summed E-state index contributed by atoms with van der Waals surface area (Å²) in [6.07, 6.45) is 4.46. The van der Waals surface area contributed by atoms with Crippen molar-refractivity contribution in [3.8, 4) is 0 Å². The lowest BCUT2D eigenvalue weighted by atomic mass is 10.1. The fraction of sp³-hybridized carbons (Fsp3) is 0.150. The smallest absolute Gasteiger partial charge is 0.307 e. The van der Waals surface area contributed by atoms with Gasteiger partial charge in [-0.15, -0.1) is 12.4 Å². The van der Waals surface area contributed by atoms with Gasteiger partial charge in [-0.3, -0.25) is 9.59 Å². The number of sulfonamides is 1. The number of carboxylic acids is 1. The summed E-state index contributed by atoms with van der Waals surface area (Å²) in [6.45, 7) is 0.00967. The van der Waals surface area contributed by atoms with E-state index in [-0.39, 0.29) is 30.3 Å². The van der Waals surface area contributed by atoms with Crippen molar-refractivity contribution in [2.45, 2.75) is 23.9 Å². The van der Waals surface area contributed by atoms with Gasteiger partial charge in [0.2, 0.25) is 15.9 Å². The normalized spacial score (nSPS) is 11.9. The van der Waals surface area contributed by atoms with Gasteiger partial charge in [0.25, 0.3) is 0 Å². The molecule has 1 heterocycles. The molecule has 0 radical (unpaired) electrons. The van der Waals surface area contributed by atoms with Crippen molar-refractivity contribution in [3.05, 3.63) is 77.8 Å². The van der Waals surface area contributed by atoms with E-state index in [2.05, 4.69) is 15.0 Å². The van der Waals surface area contributed by atoms with Crippen LogP contribution in [0, 0.1) is 0 Å². The Morgan fingerprint density at radius 3 is 2.31 bits per heavy atom. The lowest BCUT2D eigenvalue weighted by molar-refractivity contribution is -0.136. The summed E-state index contributed by atoms with van der Waals surface area (Å²) in [4.78, 5) is 27.5. The minimum absolute atomic E-state index is 0. The average Bonchev–Trinajstić information content (AvgIpc) is 3.22. The third kappa shape index (κ3) is 7.06. The molecule has 0 bridgehead atoms. The lowest BCUT2D eigenvalue weighted by Crippen LogP contribution is -2.46. The van der Waals surface area contributed by atoms with Crippen LogP contribution in [-0.4, -0.2) is 41.0 Å². The van der Waals surface area contributed by atoms with Crippen molar-refractivity contribution in [2.75, 3.05) is 5.32 Å². The summed E-state index contributed by atoms with van der Waals surface area (Å²) in [7, 11) is -4.01. The van der Waals surface area contributed by atoms with E-state index in [1.54, 1.807) is 35.0 Å². The molecule has 0 aliphatic carbocycles. The van der Waals surface area contributed by atoms with Crippen LogP contribution in [0.4, 0.5) is 5.69 Å². The first-order valence-corrected chi connectivity index (χ1v) is 10.9. The quantitative estimate of drug-likeness (QED) is 0.415. The maximum atomic E-state index is 12.9. The second-order valence-electron chi connectivity index (χ2n) is 6.64. The fourth-order valence-electron chi connectivity index (χ4n) is 2.76. The number of carboxylic acid groups (broad SMARTS) is 1. The molecule has 0 fully saturated rings. The van der Waals surface area contributed by atoms with Crippen molar-refractivity contribution in [1.82, 2.24) is 14.3 Å². The largest absolute Gasteiger partial charge is 0.481 e. The summed E-state index contributed by atoms with van der Waals surface area (Å²) in [6, 6.07) is 10.7. The third-order valence-electron chi connectivity index (χ3n) is 4.27. The number of hydrogen-bond acceptors (Lipinski definition) is 5. The Morgan fingerprint density at radius 1 is 1.09 bits per heavy atom. The van der Waals surface area contributed by atoms with E-state index in [1.165, 1.54) is 36.8 Å². The second kappa shape index (κ2) is 11.1. The number of carbonyl (C=O) groups excluding carboxylic acids is 1.